The van der Waals surface area contributed by atoms with Gasteiger partial charge in [0.1, 0.15) is 0 Å². The zero-order chi connectivity index (χ0) is 15.6. The average molecular weight is 314 g/mol. The number of thiol groups is 1. The first-order valence-corrected chi connectivity index (χ1v) is 8.86. The van der Waals surface area contributed by atoms with Gasteiger partial charge in [-0.05, 0) is 29.2 Å². The predicted octanol–water partition coefficient (Wildman–Crippen LogP) is 5.03. The van der Waals surface area contributed by atoms with Crippen LogP contribution in [0.3, 0.4) is 0 Å². The first kappa shape index (κ1) is 17.1. The molecule has 2 rings (SSSR count). The molecule has 1 atom stereocenters. The molecule has 0 heterocycles. The highest BCUT2D eigenvalue weighted by Gasteiger charge is 2.13. The third-order valence-corrected chi connectivity index (χ3v) is 4.49. The minimum Gasteiger partial charge on any atom is -0.295 e. The van der Waals surface area contributed by atoms with Gasteiger partial charge in [-0.2, -0.15) is 12.6 Å². The molecule has 0 saturated carbocycles. The van der Waals surface area contributed by atoms with Crippen molar-refractivity contribution >= 4 is 12.6 Å². The van der Waals surface area contributed by atoms with Gasteiger partial charge in [-0.15, -0.1) is 0 Å². The van der Waals surface area contributed by atoms with E-state index in [9.17, 15) is 0 Å². The van der Waals surface area contributed by atoms with Crippen LogP contribution in [-0.4, -0.2) is 17.2 Å². The molecule has 0 spiro atoms. The molecule has 0 fully saturated rings. The van der Waals surface area contributed by atoms with Crippen molar-refractivity contribution in [2.24, 2.45) is 5.92 Å². The van der Waals surface area contributed by atoms with Crippen molar-refractivity contribution in [3.63, 3.8) is 0 Å². The van der Waals surface area contributed by atoms with Crippen LogP contribution in [0.25, 0.3) is 0 Å². The van der Waals surface area contributed by atoms with Crippen molar-refractivity contribution in [2.75, 3.05) is 12.3 Å². The monoisotopic (exact) mass is 313 g/mol. The molecule has 2 aromatic carbocycles. The lowest BCUT2D eigenvalue weighted by Gasteiger charge is -2.27. The number of benzene rings is 2. The lowest BCUT2D eigenvalue weighted by atomic mass is 10.0. The summed E-state index contributed by atoms with van der Waals surface area (Å²) in [5, 5.41) is 0. The molecular formula is C20H27NS. The normalized spacial score (nSPS) is 12.5. The first-order valence-electron chi connectivity index (χ1n) is 8.23. The smallest absolute Gasteiger partial charge is 0.0237 e. The standard InChI is InChI=1S/C20H27NS/c1-2-9-20(17-22)16-21(14-18-10-5-3-6-11-18)15-19-12-7-4-8-13-19/h3-8,10-13,20,22H,2,9,14-17H2,1H3. The molecule has 0 radical (unpaired) electrons. The van der Waals surface area contributed by atoms with Gasteiger partial charge >= 0.3 is 0 Å². The van der Waals surface area contributed by atoms with Crippen LogP contribution in [0.1, 0.15) is 30.9 Å². The van der Waals surface area contributed by atoms with Crippen LogP contribution in [0.15, 0.2) is 60.7 Å². The molecule has 2 aromatic rings. The van der Waals surface area contributed by atoms with Crippen LogP contribution in [0.2, 0.25) is 0 Å². The van der Waals surface area contributed by atoms with Gasteiger partial charge in [0.25, 0.3) is 0 Å². The maximum absolute atomic E-state index is 4.55. The van der Waals surface area contributed by atoms with Gasteiger partial charge < -0.3 is 0 Å². The molecule has 2 heteroatoms. The molecule has 0 aliphatic carbocycles. The summed E-state index contributed by atoms with van der Waals surface area (Å²) in [4.78, 5) is 2.56. The van der Waals surface area contributed by atoms with Crippen molar-refractivity contribution in [1.29, 1.82) is 0 Å². The summed E-state index contributed by atoms with van der Waals surface area (Å²) < 4.78 is 0. The molecule has 0 aliphatic heterocycles. The minimum atomic E-state index is 0.667. The van der Waals surface area contributed by atoms with Gasteiger partial charge in [-0.1, -0.05) is 74.0 Å². The third kappa shape index (κ3) is 5.86. The Hall–Kier alpha value is -1.25. The Kier molecular flexibility index (Phi) is 7.55. The van der Waals surface area contributed by atoms with E-state index in [-0.39, 0.29) is 0 Å². The Labute approximate surface area is 140 Å². The van der Waals surface area contributed by atoms with Crippen LogP contribution >= 0.6 is 12.6 Å². The molecule has 1 unspecified atom stereocenters. The highest BCUT2D eigenvalue weighted by molar-refractivity contribution is 7.80. The first-order chi connectivity index (χ1) is 10.8. The van der Waals surface area contributed by atoms with E-state index in [0.717, 1.165) is 25.4 Å². The molecule has 1 nitrogen and oxygen atoms in total. The summed E-state index contributed by atoms with van der Waals surface area (Å²) >= 11 is 4.55. The Morgan fingerprint density at radius 2 is 1.36 bits per heavy atom. The molecule has 0 N–H and O–H groups in total. The topological polar surface area (TPSA) is 3.24 Å². The van der Waals surface area contributed by atoms with Crippen molar-refractivity contribution in [1.82, 2.24) is 4.90 Å². The van der Waals surface area contributed by atoms with E-state index in [1.54, 1.807) is 0 Å². The fourth-order valence-electron chi connectivity index (χ4n) is 2.88. The summed E-state index contributed by atoms with van der Waals surface area (Å²) in [7, 11) is 0. The second kappa shape index (κ2) is 9.70. The lowest BCUT2D eigenvalue weighted by Crippen LogP contribution is -2.29. The quantitative estimate of drug-likeness (QED) is 0.635. The van der Waals surface area contributed by atoms with Gasteiger partial charge in [-0.3, -0.25) is 4.90 Å². The molecule has 0 saturated heterocycles. The fourth-order valence-corrected chi connectivity index (χ4v) is 3.18. The zero-order valence-corrected chi connectivity index (χ0v) is 14.4. The van der Waals surface area contributed by atoms with Crippen LogP contribution < -0.4 is 0 Å². The minimum absolute atomic E-state index is 0.667. The van der Waals surface area contributed by atoms with E-state index in [4.69, 9.17) is 0 Å². The second-order valence-corrected chi connectivity index (χ2v) is 6.34. The Balaban J connectivity index is 2.05. The zero-order valence-electron chi connectivity index (χ0n) is 13.5. The molecule has 118 valence electrons. The predicted molar refractivity (Wildman–Crippen MR) is 99.2 cm³/mol. The third-order valence-electron chi connectivity index (χ3n) is 3.97. The number of hydrogen-bond donors (Lipinski definition) is 1. The lowest BCUT2D eigenvalue weighted by molar-refractivity contribution is 0.217. The summed E-state index contributed by atoms with van der Waals surface area (Å²) in [6.45, 7) is 5.38. The molecule has 22 heavy (non-hydrogen) atoms. The summed E-state index contributed by atoms with van der Waals surface area (Å²) in [6, 6.07) is 21.5. The van der Waals surface area contributed by atoms with Crippen molar-refractivity contribution in [2.45, 2.75) is 32.9 Å². The van der Waals surface area contributed by atoms with Gasteiger partial charge in [0.15, 0.2) is 0 Å². The summed E-state index contributed by atoms with van der Waals surface area (Å²) in [5.74, 6) is 1.63. The van der Waals surface area contributed by atoms with E-state index in [0.29, 0.717) is 5.92 Å². The number of nitrogens with zero attached hydrogens (tertiary/aromatic N) is 1. The van der Waals surface area contributed by atoms with Gasteiger partial charge in [0, 0.05) is 19.6 Å². The van der Waals surface area contributed by atoms with Gasteiger partial charge in [-0.25, -0.2) is 0 Å². The Morgan fingerprint density at radius 3 is 1.77 bits per heavy atom. The Morgan fingerprint density at radius 1 is 0.864 bits per heavy atom. The SMILES string of the molecule is CCCC(CS)CN(Cc1ccccc1)Cc1ccccc1. The summed E-state index contributed by atoms with van der Waals surface area (Å²) in [5.41, 5.74) is 2.76. The van der Waals surface area contributed by atoms with Crippen molar-refractivity contribution < 1.29 is 0 Å². The largest absolute Gasteiger partial charge is 0.295 e. The molecular weight excluding hydrogens is 286 g/mol. The van der Waals surface area contributed by atoms with Crippen LogP contribution in [0.5, 0.6) is 0 Å². The summed E-state index contributed by atoms with van der Waals surface area (Å²) in [6.07, 6.45) is 2.49. The van der Waals surface area contributed by atoms with Gasteiger partial charge in [0.05, 0.1) is 0 Å². The Bertz CT molecular complexity index is 470. The molecule has 0 bridgehead atoms. The van der Waals surface area contributed by atoms with E-state index in [2.05, 4.69) is 85.1 Å². The average Bonchev–Trinajstić information content (AvgIpc) is 2.56. The van der Waals surface area contributed by atoms with Crippen LogP contribution in [-0.2, 0) is 13.1 Å². The molecule has 0 aromatic heterocycles. The number of rotatable bonds is 9. The van der Waals surface area contributed by atoms with Crippen LogP contribution in [0.4, 0.5) is 0 Å². The van der Waals surface area contributed by atoms with Crippen molar-refractivity contribution in [3.8, 4) is 0 Å². The van der Waals surface area contributed by atoms with E-state index in [1.807, 2.05) is 0 Å². The van der Waals surface area contributed by atoms with E-state index >= 15 is 0 Å². The van der Waals surface area contributed by atoms with Gasteiger partial charge in [0.2, 0.25) is 0 Å². The fraction of sp³-hybridized carbons (Fsp3) is 0.400. The number of hydrogen-bond acceptors (Lipinski definition) is 2. The maximum atomic E-state index is 4.55. The second-order valence-electron chi connectivity index (χ2n) is 5.98. The highest BCUT2D eigenvalue weighted by atomic mass is 32.1. The molecule has 0 amide bonds. The van der Waals surface area contributed by atoms with Crippen LogP contribution in [0, 0.1) is 5.92 Å². The molecule has 0 aliphatic rings. The maximum Gasteiger partial charge on any atom is 0.0237 e. The highest BCUT2D eigenvalue weighted by Crippen LogP contribution is 2.16. The van der Waals surface area contributed by atoms with Crippen molar-refractivity contribution in [3.05, 3.63) is 71.8 Å². The van der Waals surface area contributed by atoms with E-state index < -0.39 is 0 Å². The van der Waals surface area contributed by atoms with E-state index in [1.165, 1.54) is 24.0 Å².